The first-order valence-electron chi connectivity index (χ1n) is 11.7. The molecule has 4 aromatic rings. The second kappa shape index (κ2) is 11.3. The van der Waals surface area contributed by atoms with Gasteiger partial charge in [-0.3, -0.25) is 0 Å². The maximum absolute atomic E-state index is 13.3. The lowest BCUT2D eigenvalue weighted by Crippen LogP contribution is -1.97. The lowest BCUT2D eigenvalue weighted by Gasteiger charge is -2.07. The van der Waals surface area contributed by atoms with Gasteiger partial charge in [0.05, 0.1) is 6.61 Å². The molecular weight excluding hydrogens is 407 g/mol. The molecule has 0 fully saturated rings. The average molecular weight is 437 g/mol. The Kier molecular flexibility index (Phi) is 7.77. The molecule has 0 atom stereocenters. The minimum atomic E-state index is -0.217. The highest BCUT2D eigenvalue weighted by molar-refractivity contribution is 5.84. The minimum absolute atomic E-state index is 0.217. The molecule has 33 heavy (non-hydrogen) atoms. The number of ether oxygens (including phenoxy) is 1. The second-order valence-corrected chi connectivity index (χ2v) is 8.35. The minimum Gasteiger partial charge on any atom is -0.494 e. The van der Waals surface area contributed by atoms with Gasteiger partial charge in [-0.25, -0.2) is 4.39 Å². The summed E-state index contributed by atoms with van der Waals surface area (Å²) >= 11 is 0. The molecule has 0 aromatic heterocycles. The molecule has 166 valence electrons. The van der Waals surface area contributed by atoms with Crippen LogP contribution in [-0.2, 0) is 12.8 Å². The molecule has 4 rings (SSSR count). The number of benzene rings is 4. The van der Waals surface area contributed by atoms with Crippen LogP contribution in [0, 0.1) is 17.7 Å². The molecule has 0 aliphatic carbocycles. The molecule has 0 aliphatic rings. The van der Waals surface area contributed by atoms with E-state index in [0.717, 1.165) is 53.5 Å². The first kappa shape index (κ1) is 22.6. The van der Waals surface area contributed by atoms with E-state index in [1.807, 2.05) is 18.2 Å². The molecule has 4 aromatic carbocycles. The Morgan fingerprint density at radius 1 is 0.667 bits per heavy atom. The normalized spacial score (nSPS) is 10.6. The number of hydrogen-bond acceptors (Lipinski definition) is 1. The van der Waals surface area contributed by atoms with Crippen LogP contribution >= 0.6 is 0 Å². The monoisotopic (exact) mass is 436 g/mol. The highest BCUT2D eigenvalue weighted by atomic mass is 19.1. The van der Waals surface area contributed by atoms with Crippen LogP contribution in [0.25, 0.3) is 10.8 Å². The molecular formula is C31H29FO. The van der Waals surface area contributed by atoms with Crippen LogP contribution in [0.4, 0.5) is 4.39 Å². The third-order valence-electron chi connectivity index (χ3n) is 5.75. The third kappa shape index (κ3) is 6.70. The van der Waals surface area contributed by atoms with Crippen molar-refractivity contribution in [2.75, 3.05) is 6.61 Å². The molecule has 1 nitrogen and oxygen atoms in total. The standard InChI is InChI=1S/C31H29FO/c1-2-3-4-21-33-31-19-14-26(15-20-31)10-9-24-5-7-25(8-6-24)11-12-27-13-16-29-23-30(32)18-17-28(29)22-27/h5-8,13-20,22-23H,2-4,9-10,21H2,1H3. The van der Waals surface area contributed by atoms with E-state index in [9.17, 15) is 4.39 Å². The SMILES string of the molecule is CCCCCOc1ccc(CCc2ccc(C#Cc3ccc4cc(F)ccc4c3)cc2)cc1. The average Bonchev–Trinajstić information content (AvgIpc) is 2.85. The zero-order valence-electron chi connectivity index (χ0n) is 19.1. The number of hydrogen-bond donors (Lipinski definition) is 0. The quantitative estimate of drug-likeness (QED) is 0.203. The van der Waals surface area contributed by atoms with Gasteiger partial charge >= 0.3 is 0 Å². The fourth-order valence-electron chi connectivity index (χ4n) is 3.78. The maximum Gasteiger partial charge on any atom is 0.123 e. The van der Waals surface area contributed by atoms with Gasteiger partial charge in [-0.05, 0) is 89.7 Å². The summed E-state index contributed by atoms with van der Waals surface area (Å²) in [5.74, 6) is 7.18. The largest absolute Gasteiger partial charge is 0.494 e. The van der Waals surface area contributed by atoms with Crippen molar-refractivity contribution in [1.82, 2.24) is 0 Å². The Bertz CT molecular complexity index is 1240. The van der Waals surface area contributed by atoms with E-state index in [2.05, 4.69) is 67.3 Å². The van der Waals surface area contributed by atoms with E-state index < -0.39 is 0 Å². The lowest BCUT2D eigenvalue weighted by atomic mass is 10.0. The highest BCUT2D eigenvalue weighted by Gasteiger charge is 2.00. The van der Waals surface area contributed by atoms with Crippen LogP contribution in [0.1, 0.15) is 48.4 Å². The molecule has 0 radical (unpaired) electrons. The number of rotatable bonds is 8. The first-order chi connectivity index (χ1) is 16.2. The number of aryl methyl sites for hydroxylation is 2. The molecule has 0 aliphatic heterocycles. The van der Waals surface area contributed by atoms with Gasteiger partial charge in [0, 0.05) is 11.1 Å². The molecule has 0 heterocycles. The molecule has 0 bridgehead atoms. The van der Waals surface area contributed by atoms with E-state index in [4.69, 9.17) is 4.74 Å². The first-order valence-corrected chi connectivity index (χ1v) is 11.7. The summed E-state index contributed by atoms with van der Waals surface area (Å²) in [6.07, 6.45) is 5.53. The van der Waals surface area contributed by atoms with Gasteiger partial charge in [-0.2, -0.15) is 0 Å². The van der Waals surface area contributed by atoms with E-state index in [-0.39, 0.29) is 5.82 Å². The Morgan fingerprint density at radius 2 is 1.27 bits per heavy atom. The van der Waals surface area contributed by atoms with E-state index in [1.165, 1.54) is 30.0 Å². The fourth-order valence-corrected chi connectivity index (χ4v) is 3.78. The Labute approximate surface area is 196 Å². The van der Waals surface area contributed by atoms with Gasteiger partial charge in [-0.1, -0.05) is 68.0 Å². The molecule has 0 amide bonds. The lowest BCUT2D eigenvalue weighted by molar-refractivity contribution is 0.306. The van der Waals surface area contributed by atoms with Crippen molar-refractivity contribution in [2.24, 2.45) is 0 Å². The van der Waals surface area contributed by atoms with Crippen molar-refractivity contribution in [2.45, 2.75) is 39.0 Å². The molecule has 0 spiro atoms. The smallest absolute Gasteiger partial charge is 0.123 e. The number of halogens is 1. The summed E-state index contributed by atoms with van der Waals surface area (Å²) in [6, 6.07) is 27.6. The van der Waals surface area contributed by atoms with Crippen molar-refractivity contribution in [3.63, 3.8) is 0 Å². The number of fused-ring (bicyclic) bond motifs is 1. The van der Waals surface area contributed by atoms with Crippen molar-refractivity contribution in [3.05, 3.63) is 113 Å². The van der Waals surface area contributed by atoms with Gasteiger partial charge in [0.25, 0.3) is 0 Å². The van der Waals surface area contributed by atoms with E-state index in [1.54, 1.807) is 12.1 Å². The zero-order chi connectivity index (χ0) is 22.9. The van der Waals surface area contributed by atoms with Crippen LogP contribution in [0.5, 0.6) is 5.75 Å². The van der Waals surface area contributed by atoms with Gasteiger partial charge in [-0.15, -0.1) is 0 Å². The van der Waals surface area contributed by atoms with E-state index in [0.29, 0.717) is 0 Å². The third-order valence-corrected chi connectivity index (χ3v) is 5.75. The van der Waals surface area contributed by atoms with Crippen molar-refractivity contribution in [3.8, 4) is 17.6 Å². The Balaban J connectivity index is 1.30. The predicted molar refractivity (Wildman–Crippen MR) is 135 cm³/mol. The zero-order valence-corrected chi connectivity index (χ0v) is 19.1. The van der Waals surface area contributed by atoms with Crippen LogP contribution in [0.2, 0.25) is 0 Å². The Hall–Kier alpha value is -3.57. The van der Waals surface area contributed by atoms with Gasteiger partial charge in [0.15, 0.2) is 0 Å². The van der Waals surface area contributed by atoms with Crippen LogP contribution in [-0.4, -0.2) is 6.61 Å². The summed E-state index contributed by atoms with van der Waals surface area (Å²) in [7, 11) is 0. The van der Waals surface area contributed by atoms with Crippen LogP contribution in [0.15, 0.2) is 84.9 Å². The molecule has 0 unspecified atom stereocenters. The van der Waals surface area contributed by atoms with Gasteiger partial charge in [0.1, 0.15) is 11.6 Å². The maximum atomic E-state index is 13.3. The second-order valence-electron chi connectivity index (χ2n) is 8.35. The summed E-state index contributed by atoms with van der Waals surface area (Å²) in [5.41, 5.74) is 4.53. The fraction of sp³-hybridized carbons (Fsp3) is 0.226. The molecule has 2 heteroatoms. The molecule has 0 saturated carbocycles. The summed E-state index contributed by atoms with van der Waals surface area (Å²) in [6.45, 7) is 3.00. The van der Waals surface area contributed by atoms with Crippen molar-refractivity contribution >= 4 is 10.8 Å². The summed E-state index contributed by atoms with van der Waals surface area (Å²) in [4.78, 5) is 0. The predicted octanol–water partition coefficient (Wildman–Crippen LogP) is 7.73. The highest BCUT2D eigenvalue weighted by Crippen LogP contribution is 2.18. The molecule has 0 N–H and O–H groups in total. The van der Waals surface area contributed by atoms with E-state index >= 15 is 0 Å². The van der Waals surface area contributed by atoms with Crippen LogP contribution in [0.3, 0.4) is 0 Å². The van der Waals surface area contributed by atoms with Crippen LogP contribution < -0.4 is 4.74 Å². The van der Waals surface area contributed by atoms with Crippen molar-refractivity contribution in [1.29, 1.82) is 0 Å². The topological polar surface area (TPSA) is 9.23 Å². The molecule has 0 saturated heterocycles. The van der Waals surface area contributed by atoms with Gasteiger partial charge < -0.3 is 4.74 Å². The Morgan fingerprint density at radius 3 is 2.00 bits per heavy atom. The summed E-state index contributed by atoms with van der Waals surface area (Å²) < 4.78 is 19.1. The van der Waals surface area contributed by atoms with Gasteiger partial charge in [0.2, 0.25) is 0 Å². The van der Waals surface area contributed by atoms with Crippen molar-refractivity contribution < 1.29 is 9.13 Å². The summed E-state index contributed by atoms with van der Waals surface area (Å²) in [5, 5.41) is 1.88. The number of unbranched alkanes of at least 4 members (excludes halogenated alkanes) is 2.